The molecular formula is C70H78N4. The molecule has 0 aliphatic carbocycles. The van der Waals surface area contributed by atoms with Crippen LogP contribution >= 0.6 is 0 Å². The van der Waals surface area contributed by atoms with Crippen molar-refractivity contribution in [2.45, 2.75) is 143 Å². The topological polar surface area (TPSA) is 24.3 Å². The van der Waals surface area contributed by atoms with E-state index in [1.54, 1.807) is 0 Å². The Kier molecular flexibility index (Phi) is 12.2. The Labute approximate surface area is 443 Å². The lowest BCUT2D eigenvalue weighted by atomic mass is 9.77. The third-order valence-corrected chi connectivity index (χ3v) is 16.3. The van der Waals surface area contributed by atoms with Crippen LogP contribution in [-0.2, 0) is 32.5 Å². The Bertz CT molecular complexity index is 3510. The lowest BCUT2D eigenvalue weighted by molar-refractivity contribution is 0.568. The second-order valence-corrected chi connectivity index (χ2v) is 26.4. The van der Waals surface area contributed by atoms with Crippen molar-refractivity contribution >= 4 is 44.6 Å². The molecule has 0 fully saturated rings. The molecule has 0 radical (unpaired) electrons. The quantitative estimate of drug-likeness (QED) is 0.152. The number of hydrogen-bond donors (Lipinski definition) is 0. The highest BCUT2D eigenvalue weighted by Gasteiger charge is 2.33. The molecule has 378 valence electrons. The van der Waals surface area contributed by atoms with Crippen LogP contribution in [0.4, 0.5) is 22.7 Å². The largest absolute Gasteiger partial charge is 0.321 e. The van der Waals surface area contributed by atoms with Crippen LogP contribution in [0.3, 0.4) is 0 Å². The molecule has 0 spiro atoms. The Balaban J connectivity index is 1.10. The number of aromatic nitrogens is 2. The molecule has 1 aliphatic rings. The van der Waals surface area contributed by atoms with E-state index in [4.69, 9.17) is 4.98 Å². The van der Waals surface area contributed by atoms with Gasteiger partial charge in [0, 0.05) is 39.2 Å². The van der Waals surface area contributed by atoms with Crippen LogP contribution in [0.1, 0.15) is 155 Å². The van der Waals surface area contributed by atoms with Gasteiger partial charge in [-0.3, -0.25) is 4.57 Å². The van der Waals surface area contributed by atoms with Crippen LogP contribution in [0.15, 0.2) is 170 Å². The van der Waals surface area contributed by atoms with Crippen LogP contribution in [0.5, 0.6) is 0 Å². The molecule has 0 saturated carbocycles. The molecule has 0 N–H and O–H groups in total. The first-order valence-electron chi connectivity index (χ1n) is 26.9. The van der Waals surface area contributed by atoms with E-state index in [1.807, 2.05) is 6.20 Å². The van der Waals surface area contributed by atoms with Crippen molar-refractivity contribution in [1.29, 1.82) is 0 Å². The molecule has 0 bridgehead atoms. The molecule has 74 heavy (non-hydrogen) atoms. The molecule has 0 atom stereocenters. The van der Waals surface area contributed by atoms with E-state index in [0.29, 0.717) is 0 Å². The van der Waals surface area contributed by atoms with Crippen molar-refractivity contribution in [3.8, 4) is 16.9 Å². The zero-order valence-corrected chi connectivity index (χ0v) is 47.2. The second-order valence-electron chi connectivity index (χ2n) is 26.4. The minimum atomic E-state index is -0.348. The zero-order valence-electron chi connectivity index (χ0n) is 47.2. The van der Waals surface area contributed by atoms with Crippen LogP contribution in [0.25, 0.3) is 38.8 Å². The maximum atomic E-state index is 5.19. The van der Waals surface area contributed by atoms with Crippen LogP contribution < -0.4 is 9.80 Å². The number of benzene rings is 7. The molecule has 7 aromatic carbocycles. The number of fused-ring (bicyclic) bond motifs is 4. The van der Waals surface area contributed by atoms with E-state index in [2.05, 4.69) is 289 Å². The van der Waals surface area contributed by atoms with Crippen molar-refractivity contribution in [3.05, 3.63) is 214 Å². The summed E-state index contributed by atoms with van der Waals surface area (Å²) in [6.07, 6.45) is 2.00. The van der Waals surface area contributed by atoms with E-state index in [0.717, 1.165) is 23.5 Å². The number of anilines is 4. The summed E-state index contributed by atoms with van der Waals surface area (Å²) in [7, 11) is 0. The highest BCUT2D eigenvalue weighted by Crippen LogP contribution is 2.48. The van der Waals surface area contributed by atoms with E-state index >= 15 is 0 Å². The Morgan fingerprint density at radius 2 is 0.838 bits per heavy atom. The molecule has 1 aliphatic heterocycles. The number of pyridine rings is 1. The van der Waals surface area contributed by atoms with Crippen molar-refractivity contribution in [2.75, 3.05) is 16.5 Å². The molecule has 4 nitrogen and oxygen atoms in total. The molecule has 4 heteroatoms. The van der Waals surface area contributed by atoms with E-state index in [-0.39, 0.29) is 32.5 Å². The third-order valence-electron chi connectivity index (χ3n) is 16.3. The highest BCUT2D eigenvalue weighted by molar-refractivity contribution is 6.10. The van der Waals surface area contributed by atoms with Crippen LogP contribution in [0, 0.1) is 0 Å². The molecule has 0 unspecified atom stereocenters. The lowest BCUT2D eigenvalue weighted by Crippen LogP contribution is -2.26. The Hall–Kier alpha value is -6.91. The lowest BCUT2D eigenvalue weighted by Gasteiger charge is -2.30. The van der Waals surface area contributed by atoms with E-state index in [1.165, 1.54) is 89.2 Å². The summed E-state index contributed by atoms with van der Waals surface area (Å²) in [6, 6.07) is 62.2. The number of nitrogens with zero attached hydrogens (tertiary/aromatic N) is 4. The fraction of sp³-hybridized carbons (Fsp3) is 0.329. The molecule has 9 aromatic rings. The predicted molar refractivity (Wildman–Crippen MR) is 318 cm³/mol. The standard InChI is InChI=1S/C70H78N4/c1-65(2,3)52-35-47(36-53(38-52)66(4,5)6)46-29-32-60-59(37-46)58-31-30-50(43-63(58)74(60)64-44-51(33-34-71-64)69(13,14)48-23-18-17-19-24-48)70(15,16)49-25-22-26-56(40-49)72-45-73(62-28-21-20-27-61(62)72)57-41-54(67(7,8)9)39-55(42-57)68(10,11)12/h17-44H,45H2,1-16H3. The van der Waals surface area contributed by atoms with Crippen molar-refractivity contribution in [3.63, 3.8) is 0 Å². The number of para-hydroxylation sites is 2. The van der Waals surface area contributed by atoms with Gasteiger partial charge >= 0.3 is 0 Å². The van der Waals surface area contributed by atoms with Gasteiger partial charge in [0.2, 0.25) is 0 Å². The van der Waals surface area contributed by atoms with Gasteiger partial charge in [0.25, 0.3) is 0 Å². The highest BCUT2D eigenvalue weighted by atomic mass is 15.4. The summed E-state index contributed by atoms with van der Waals surface area (Å²) < 4.78 is 2.41. The van der Waals surface area contributed by atoms with Crippen LogP contribution in [-0.4, -0.2) is 16.2 Å². The smallest absolute Gasteiger partial charge is 0.137 e. The maximum Gasteiger partial charge on any atom is 0.137 e. The minimum Gasteiger partial charge on any atom is -0.321 e. The van der Waals surface area contributed by atoms with Gasteiger partial charge in [-0.05, 0) is 144 Å². The first-order chi connectivity index (χ1) is 34.7. The average molecular weight is 975 g/mol. The summed E-state index contributed by atoms with van der Waals surface area (Å²) in [6.45, 7) is 38.0. The Morgan fingerprint density at radius 3 is 1.43 bits per heavy atom. The average Bonchev–Trinajstić information content (AvgIpc) is 3.91. The van der Waals surface area contributed by atoms with Gasteiger partial charge in [0.05, 0.1) is 22.4 Å². The summed E-state index contributed by atoms with van der Waals surface area (Å²) >= 11 is 0. The second kappa shape index (κ2) is 17.9. The van der Waals surface area contributed by atoms with E-state index in [9.17, 15) is 0 Å². The molecule has 10 rings (SSSR count). The summed E-state index contributed by atoms with van der Waals surface area (Å²) in [5, 5.41) is 2.43. The van der Waals surface area contributed by atoms with Crippen molar-refractivity contribution in [1.82, 2.24) is 9.55 Å². The SMILES string of the molecule is CC(C)(C)c1cc(-c2ccc3c(c2)c2ccc(C(C)(C)c4cccc(N5CN(c6cc(C(C)(C)C)cc(C(C)(C)C)c6)c6ccccc65)c4)cc2n3-c2cc(C(C)(C)c3ccccc3)ccn2)cc(C(C)(C)C)c1. The van der Waals surface area contributed by atoms with Gasteiger partial charge in [0.15, 0.2) is 0 Å². The fourth-order valence-electron chi connectivity index (χ4n) is 11.0. The monoisotopic (exact) mass is 975 g/mol. The van der Waals surface area contributed by atoms with Gasteiger partial charge < -0.3 is 9.80 Å². The van der Waals surface area contributed by atoms with Gasteiger partial charge in [-0.1, -0.05) is 208 Å². The van der Waals surface area contributed by atoms with Gasteiger partial charge in [-0.25, -0.2) is 4.98 Å². The first-order valence-corrected chi connectivity index (χ1v) is 26.9. The summed E-state index contributed by atoms with van der Waals surface area (Å²) in [5.74, 6) is 0.917. The zero-order chi connectivity index (χ0) is 52.9. The van der Waals surface area contributed by atoms with E-state index < -0.39 is 0 Å². The van der Waals surface area contributed by atoms with Gasteiger partial charge in [-0.15, -0.1) is 0 Å². The Morgan fingerprint density at radius 1 is 0.338 bits per heavy atom. The number of rotatable bonds is 8. The van der Waals surface area contributed by atoms with Gasteiger partial charge in [-0.2, -0.15) is 0 Å². The maximum absolute atomic E-state index is 5.19. The molecule has 2 aromatic heterocycles. The first kappa shape index (κ1) is 50.6. The summed E-state index contributed by atoms with van der Waals surface area (Å²) in [5.41, 5.74) is 19.5. The fourth-order valence-corrected chi connectivity index (χ4v) is 11.0. The normalized spacial score (nSPS) is 13.8. The van der Waals surface area contributed by atoms with Crippen LogP contribution in [0.2, 0.25) is 0 Å². The third kappa shape index (κ3) is 9.24. The molecular weight excluding hydrogens is 897 g/mol. The molecule has 0 saturated heterocycles. The molecule has 3 heterocycles. The molecule has 0 amide bonds. The van der Waals surface area contributed by atoms with Crippen molar-refractivity contribution in [2.24, 2.45) is 0 Å². The number of hydrogen-bond acceptors (Lipinski definition) is 3. The minimum absolute atomic E-state index is 0.0114. The van der Waals surface area contributed by atoms with Gasteiger partial charge in [0.1, 0.15) is 12.5 Å². The summed E-state index contributed by atoms with van der Waals surface area (Å²) in [4.78, 5) is 10.2. The predicted octanol–water partition coefficient (Wildman–Crippen LogP) is 18.9. The van der Waals surface area contributed by atoms with Crippen molar-refractivity contribution < 1.29 is 0 Å².